The number of hydrogen-bond acceptors (Lipinski definition) is 0. The van der Waals surface area contributed by atoms with Crippen molar-refractivity contribution in [2.24, 2.45) is 11.3 Å². The molecule has 80 valence electrons. The summed E-state index contributed by atoms with van der Waals surface area (Å²) in [6.07, 6.45) is 3.86. The summed E-state index contributed by atoms with van der Waals surface area (Å²) in [6.45, 7) is 4.54. The standard InChI is InChI=1S/C14H17F/c1-9(2)13-12-7-11(15)4-3-10(12)8-14(13)5-6-14/h3-4,7,9,13H,5-6,8H2,1-2H3. The SMILES string of the molecule is CC(C)C1c2cc(F)ccc2CC12CC2. The maximum absolute atomic E-state index is 13.3. The van der Waals surface area contributed by atoms with Gasteiger partial charge in [0.2, 0.25) is 0 Å². The van der Waals surface area contributed by atoms with E-state index in [1.165, 1.54) is 30.4 Å². The van der Waals surface area contributed by atoms with Crippen LogP contribution >= 0.6 is 0 Å². The van der Waals surface area contributed by atoms with Gasteiger partial charge in [0.15, 0.2) is 0 Å². The highest BCUT2D eigenvalue weighted by Crippen LogP contribution is 2.65. The lowest BCUT2D eigenvalue weighted by Crippen LogP contribution is -2.14. The van der Waals surface area contributed by atoms with Crippen molar-refractivity contribution in [2.75, 3.05) is 0 Å². The van der Waals surface area contributed by atoms with Crippen molar-refractivity contribution in [3.05, 3.63) is 35.1 Å². The van der Waals surface area contributed by atoms with Gasteiger partial charge < -0.3 is 0 Å². The lowest BCUT2D eigenvalue weighted by atomic mass is 9.81. The molecule has 15 heavy (non-hydrogen) atoms. The number of hydrogen-bond donors (Lipinski definition) is 0. The molecule has 1 aromatic rings. The van der Waals surface area contributed by atoms with Crippen LogP contribution in [-0.2, 0) is 6.42 Å². The largest absolute Gasteiger partial charge is 0.207 e. The van der Waals surface area contributed by atoms with Gasteiger partial charge in [-0.15, -0.1) is 0 Å². The van der Waals surface area contributed by atoms with Crippen LogP contribution in [0, 0.1) is 17.2 Å². The highest BCUT2D eigenvalue weighted by atomic mass is 19.1. The minimum Gasteiger partial charge on any atom is -0.207 e. The Morgan fingerprint density at radius 1 is 1.33 bits per heavy atom. The summed E-state index contributed by atoms with van der Waals surface area (Å²) in [4.78, 5) is 0. The van der Waals surface area contributed by atoms with Gasteiger partial charge >= 0.3 is 0 Å². The molecule has 0 saturated heterocycles. The van der Waals surface area contributed by atoms with Crippen LogP contribution in [0.3, 0.4) is 0 Å². The highest BCUT2D eigenvalue weighted by molar-refractivity contribution is 5.41. The van der Waals surface area contributed by atoms with Gasteiger partial charge in [0.25, 0.3) is 0 Å². The van der Waals surface area contributed by atoms with Crippen LogP contribution < -0.4 is 0 Å². The zero-order valence-corrected chi connectivity index (χ0v) is 9.39. The molecule has 1 heteroatoms. The van der Waals surface area contributed by atoms with E-state index in [1.54, 1.807) is 12.1 Å². The summed E-state index contributed by atoms with van der Waals surface area (Å²) < 4.78 is 13.3. The Kier molecular flexibility index (Phi) is 1.78. The third-order valence-electron chi connectivity index (χ3n) is 4.20. The van der Waals surface area contributed by atoms with E-state index in [-0.39, 0.29) is 5.82 Å². The molecule has 0 radical (unpaired) electrons. The Morgan fingerprint density at radius 2 is 2.07 bits per heavy atom. The molecule has 2 aliphatic rings. The molecule has 1 atom stereocenters. The smallest absolute Gasteiger partial charge is 0.123 e. The molecule has 0 aliphatic heterocycles. The molecule has 3 rings (SSSR count). The van der Waals surface area contributed by atoms with Gasteiger partial charge in [0.1, 0.15) is 5.82 Å². The van der Waals surface area contributed by atoms with E-state index in [4.69, 9.17) is 0 Å². The molecule has 0 heterocycles. The fourth-order valence-corrected chi connectivity index (χ4v) is 3.55. The second-order valence-corrected chi connectivity index (χ2v) is 5.60. The van der Waals surface area contributed by atoms with Crippen LogP contribution in [-0.4, -0.2) is 0 Å². The van der Waals surface area contributed by atoms with Gasteiger partial charge in [-0.05, 0) is 59.8 Å². The van der Waals surface area contributed by atoms with E-state index in [2.05, 4.69) is 13.8 Å². The second kappa shape index (κ2) is 2.84. The van der Waals surface area contributed by atoms with Crippen molar-refractivity contribution in [3.63, 3.8) is 0 Å². The van der Waals surface area contributed by atoms with Gasteiger partial charge in [-0.25, -0.2) is 4.39 Å². The third kappa shape index (κ3) is 1.25. The van der Waals surface area contributed by atoms with Crippen molar-refractivity contribution >= 4 is 0 Å². The van der Waals surface area contributed by atoms with Crippen molar-refractivity contribution < 1.29 is 4.39 Å². The normalized spacial score (nSPS) is 26.0. The lowest BCUT2D eigenvalue weighted by molar-refractivity contribution is 0.347. The predicted molar refractivity (Wildman–Crippen MR) is 59.4 cm³/mol. The van der Waals surface area contributed by atoms with Crippen LogP contribution in [0.1, 0.15) is 43.7 Å². The Hall–Kier alpha value is -0.850. The molecule has 1 saturated carbocycles. The van der Waals surface area contributed by atoms with Crippen molar-refractivity contribution in [2.45, 2.75) is 39.0 Å². The number of rotatable bonds is 1. The van der Waals surface area contributed by atoms with E-state index >= 15 is 0 Å². The summed E-state index contributed by atoms with van der Waals surface area (Å²) in [6, 6.07) is 5.37. The maximum Gasteiger partial charge on any atom is 0.123 e. The Bertz CT molecular complexity index is 402. The Morgan fingerprint density at radius 3 is 2.67 bits per heavy atom. The Balaban J connectivity index is 2.10. The molecule has 1 unspecified atom stereocenters. The fraction of sp³-hybridized carbons (Fsp3) is 0.571. The highest BCUT2D eigenvalue weighted by Gasteiger charge is 2.54. The molecule has 2 aliphatic carbocycles. The average Bonchev–Trinajstić information content (AvgIpc) is 2.80. The summed E-state index contributed by atoms with van der Waals surface area (Å²) in [7, 11) is 0. The predicted octanol–water partition coefficient (Wildman–Crippen LogP) is 3.90. The minimum absolute atomic E-state index is 0.0721. The summed E-state index contributed by atoms with van der Waals surface area (Å²) in [5.41, 5.74) is 3.21. The summed E-state index contributed by atoms with van der Waals surface area (Å²) >= 11 is 0. The molecule has 0 aromatic heterocycles. The molecule has 0 amide bonds. The first-order valence-corrected chi connectivity index (χ1v) is 5.91. The monoisotopic (exact) mass is 204 g/mol. The topological polar surface area (TPSA) is 0 Å². The van der Waals surface area contributed by atoms with E-state index < -0.39 is 0 Å². The van der Waals surface area contributed by atoms with Gasteiger partial charge in [0, 0.05) is 0 Å². The maximum atomic E-state index is 13.3. The van der Waals surface area contributed by atoms with Gasteiger partial charge in [-0.2, -0.15) is 0 Å². The van der Waals surface area contributed by atoms with Crippen molar-refractivity contribution in [1.29, 1.82) is 0 Å². The first kappa shape index (κ1) is 9.38. The van der Waals surface area contributed by atoms with E-state index in [9.17, 15) is 4.39 Å². The number of benzene rings is 1. The molecule has 0 bridgehead atoms. The van der Waals surface area contributed by atoms with E-state index in [1.807, 2.05) is 6.07 Å². The zero-order valence-electron chi connectivity index (χ0n) is 9.39. The van der Waals surface area contributed by atoms with Crippen molar-refractivity contribution in [1.82, 2.24) is 0 Å². The van der Waals surface area contributed by atoms with Crippen LogP contribution in [0.2, 0.25) is 0 Å². The second-order valence-electron chi connectivity index (χ2n) is 5.60. The van der Waals surface area contributed by atoms with Crippen molar-refractivity contribution in [3.8, 4) is 0 Å². The molecule has 1 spiro atoms. The molecular weight excluding hydrogens is 187 g/mol. The fourth-order valence-electron chi connectivity index (χ4n) is 3.55. The van der Waals surface area contributed by atoms with Crippen LogP contribution in [0.5, 0.6) is 0 Å². The quantitative estimate of drug-likeness (QED) is 0.650. The first-order valence-electron chi connectivity index (χ1n) is 5.91. The van der Waals surface area contributed by atoms with E-state index in [0.717, 1.165) is 0 Å². The van der Waals surface area contributed by atoms with E-state index in [0.29, 0.717) is 17.3 Å². The molecule has 0 nitrogen and oxygen atoms in total. The zero-order chi connectivity index (χ0) is 10.6. The number of halogens is 1. The lowest BCUT2D eigenvalue weighted by Gasteiger charge is -2.23. The molecule has 1 fully saturated rings. The average molecular weight is 204 g/mol. The number of fused-ring (bicyclic) bond motifs is 1. The summed E-state index contributed by atoms with van der Waals surface area (Å²) in [5, 5.41) is 0. The first-order chi connectivity index (χ1) is 7.12. The van der Waals surface area contributed by atoms with Gasteiger partial charge in [-0.3, -0.25) is 0 Å². The molecular formula is C14H17F. The van der Waals surface area contributed by atoms with Crippen LogP contribution in [0.25, 0.3) is 0 Å². The minimum atomic E-state index is -0.0721. The third-order valence-corrected chi connectivity index (χ3v) is 4.20. The molecule has 0 N–H and O–H groups in total. The van der Waals surface area contributed by atoms with Gasteiger partial charge in [0.05, 0.1) is 0 Å². The van der Waals surface area contributed by atoms with Crippen LogP contribution in [0.15, 0.2) is 18.2 Å². The van der Waals surface area contributed by atoms with Gasteiger partial charge in [-0.1, -0.05) is 19.9 Å². The molecule has 1 aromatic carbocycles. The van der Waals surface area contributed by atoms with Crippen LogP contribution in [0.4, 0.5) is 4.39 Å². The Labute approximate surface area is 90.5 Å². The summed E-state index contributed by atoms with van der Waals surface area (Å²) in [5.74, 6) is 1.16.